The molecule has 5 nitrogen and oxygen atoms in total. The lowest BCUT2D eigenvalue weighted by Gasteiger charge is -2.15. The number of fused-ring (bicyclic) bond motifs is 1. The predicted molar refractivity (Wildman–Crippen MR) is 110 cm³/mol. The Bertz CT molecular complexity index is 1010. The van der Waals surface area contributed by atoms with Crippen molar-refractivity contribution in [2.75, 3.05) is 0 Å². The molecule has 3 rings (SSSR count). The monoisotopic (exact) mass is 366 g/mol. The molecule has 0 saturated carbocycles. The van der Waals surface area contributed by atoms with Gasteiger partial charge < -0.3 is 10.3 Å². The van der Waals surface area contributed by atoms with Crippen LogP contribution in [-0.4, -0.2) is 26.7 Å². The van der Waals surface area contributed by atoms with Crippen LogP contribution in [0.4, 0.5) is 0 Å². The number of nitrogens with zero attached hydrogens (tertiary/aromatic N) is 2. The van der Waals surface area contributed by atoms with E-state index >= 15 is 0 Å². The normalized spacial score (nSPS) is 12.6. The van der Waals surface area contributed by atoms with E-state index in [9.17, 15) is 4.79 Å². The van der Waals surface area contributed by atoms with E-state index in [4.69, 9.17) is 0 Å². The number of carbonyl (C=O) groups is 1. The van der Waals surface area contributed by atoms with Gasteiger partial charge in [-0.15, -0.1) is 0 Å². The molecule has 0 aliphatic carbocycles. The summed E-state index contributed by atoms with van der Waals surface area (Å²) in [6.45, 7) is 12.4. The van der Waals surface area contributed by atoms with E-state index in [0.29, 0.717) is 6.42 Å². The van der Waals surface area contributed by atoms with Gasteiger partial charge in [0.1, 0.15) is 0 Å². The van der Waals surface area contributed by atoms with Crippen LogP contribution >= 0.6 is 0 Å². The Morgan fingerprint density at radius 1 is 1.15 bits per heavy atom. The van der Waals surface area contributed by atoms with Crippen molar-refractivity contribution in [1.29, 1.82) is 0 Å². The minimum atomic E-state index is 0.0617. The Labute approximate surface area is 161 Å². The number of hydrogen-bond donors (Lipinski definition) is 2. The van der Waals surface area contributed by atoms with Gasteiger partial charge in [0.15, 0.2) is 0 Å². The highest BCUT2D eigenvalue weighted by atomic mass is 16.1. The van der Waals surface area contributed by atoms with Crippen molar-refractivity contribution in [3.05, 3.63) is 51.5 Å². The molecule has 0 aliphatic heterocycles. The number of H-pyrrole nitrogens is 1. The van der Waals surface area contributed by atoms with Crippen LogP contribution in [0, 0.1) is 34.6 Å². The molecule has 2 heterocycles. The molecule has 2 aromatic heterocycles. The van der Waals surface area contributed by atoms with Crippen molar-refractivity contribution in [3.63, 3.8) is 0 Å². The largest absolute Gasteiger partial charge is 0.358 e. The molecule has 1 aromatic carbocycles. The summed E-state index contributed by atoms with van der Waals surface area (Å²) in [5.74, 6) is 0.0617. The molecule has 144 valence electrons. The third kappa shape index (κ3) is 3.64. The Hall–Kier alpha value is -2.56. The molecular formula is C22H30N4O. The van der Waals surface area contributed by atoms with Crippen LogP contribution in [0.25, 0.3) is 10.9 Å². The van der Waals surface area contributed by atoms with Crippen LogP contribution in [0.15, 0.2) is 12.1 Å². The van der Waals surface area contributed by atoms with E-state index in [1.165, 1.54) is 22.1 Å². The number of carbonyl (C=O) groups excluding carboxylic acids is 1. The molecular weight excluding hydrogens is 336 g/mol. The van der Waals surface area contributed by atoms with Gasteiger partial charge in [0, 0.05) is 35.4 Å². The second kappa shape index (κ2) is 7.22. The van der Waals surface area contributed by atoms with Crippen LogP contribution in [-0.2, 0) is 24.7 Å². The van der Waals surface area contributed by atoms with Crippen molar-refractivity contribution >= 4 is 16.8 Å². The molecule has 1 atom stereocenters. The zero-order valence-corrected chi connectivity index (χ0v) is 17.4. The summed E-state index contributed by atoms with van der Waals surface area (Å²) in [6.07, 6.45) is 1.19. The van der Waals surface area contributed by atoms with E-state index in [1.807, 2.05) is 25.6 Å². The average molecular weight is 367 g/mol. The molecule has 0 aliphatic rings. The number of benzene rings is 1. The fourth-order valence-electron chi connectivity index (χ4n) is 3.99. The van der Waals surface area contributed by atoms with E-state index in [0.717, 1.165) is 34.6 Å². The van der Waals surface area contributed by atoms with Crippen LogP contribution in [0.1, 0.15) is 46.3 Å². The van der Waals surface area contributed by atoms with Gasteiger partial charge in [0.25, 0.3) is 0 Å². The van der Waals surface area contributed by atoms with Gasteiger partial charge in [0.05, 0.1) is 12.1 Å². The third-order valence-electron chi connectivity index (χ3n) is 5.60. The summed E-state index contributed by atoms with van der Waals surface area (Å²) in [4.78, 5) is 16.2. The van der Waals surface area contributed by atoms with Crippen molar-refractivity contribution < 1.29 is 4.79 Å². The van der Waals surface area contributed by atoms with Crippen LogP contribution < -0.4 is 5.32 Å². The molecule has 0 radical (unpaired) electrons. The van der Waals surface area contributed by atoms with Gasteiger partial charge in [-0.25, -0.2) is 0 Å². The minimum absolute atomic E-state index is 0.0617. The van der Waals surface area contributed by atoms with Crippen molar-refractivity contribution in [2.24, 2.45) is 7.05 Å². The molecule has 0 bridgehead atoms. The van der Waals surface area contributed by atoms with Gasteiger partial charge in [-0.05, 0) is 70.2 Å². The summed E-state index contributed by atoms with van der Waals surface area (Å²) in [5, 5.41) is 8.82. The number of aromatic nitrogens is 3. The molecule has 0 fully saturated rings. The second-order valence-electron chi connectivity index (χ2n) is 7.80. The van der Waals surface area contributed by atoms with Gasteiger partial charge in [-0.1, -0.05) is 12.1 Å². The molecule has 5 heteroatoms. The van der Waals surface area contributed by atoms with Gasteiger partial charge in [-0.3, -0.25) is 9.48 Å². The Morgan fingerprint density at radius 2 is 1.81 bits per heavy atom. The summed E-state index contributed by atoms with van der Waals surface area (Å²) in [6, 6.07) is 4.31. The van der Waals surface area contributed by atoms with Crippen molar-refractivity contribution in [3.8, 4) is 0 Å². The Kier molecular flexibility index (Phi) is 5.13. The topological polar surface area (TPSA) is 62.7 Å². The van der Waals surface area contributed by atoms with Gasteiger partial charge >= 0.3 is 0 Å². The lowest BCUT2D eigenvalue weighted by atomic mass is 10.0. The zero-order chi connectivity index (χ0) is 19.9. The fraction of sp³-hybridized carbons (Fsp3) is 0.455. The van der Waals surface area contributed by atoms with Crippen LogP contribution in [0.2, 0.25) is 0 Å². The van der Waals surface area contributed by atoms with Crippen LogP contribution in [0.5, 0.6) is 0 Å². The first kappa shape index (κ1) is 19.2. The van der Waals surface area contributed by atoms with Gasteiger partial charge in [-0.2, -0.15) is 5.10 Å². The first-order valence-corrected chi connectivity index (χ1v) is 9.54. The molecule has 0 unspecified atom stereocenters. The van der Waals surface area contributed by atoms with Crippen molar-refractivity contribution in [2.45, 2.75) is 60.4 Å². The first-order valence-electron chi connectivity index (χ1n) is 9.54. The lowest BCUT2D eigenvalue weighted by Crippen LogP contribution is -2.35. The number of amides is 1. The maximum Gasteiger partial charge on any atom is 0.224 e. The van der Waals surface area contributed by atoms with Crippen LogP contribution in [0.3, 0.4) is 0 Å². The summed E-state index contributed by atoms with van der Waals surface area (Å²) in [5.41, 5.74) is 9.15. The van der Waals surface area contributed by atoms with E-state index in [1.54, 1.807) is 0 Å². The quantitative estimate of drug-likeness (QED) is 0.723. The van der Waals surface area contributed by atoms with Gasteiger partial charge in [0.2, 0.25) is 5.91 Å². The summed E-state index contributed by atoms with van der Waals surface area (Å²) in [7, 11) is 1.96. The smallest absolute Gasteiger partial charge is 0.224 e. The molecule has 0 spiro atoms. The molecule has 1 amide bonds. The molecule has 2 N–H and O–H groups in total. The highest BCUT2D eigenvalue weighted by Gasteiger charge is 2.18. The first-order chi connectivity index (χ1) is 12.7. The Balaban J connectivity index is 1.75. The predicted octanol–water partition coefficient (Wildman–Crippen LogP) is 3.73. The highest BCUT2D eigenvalue weighted by Crippen LogP contribution is 2.28. The second-order valence-corrected chi connectivity index (χ2v) is 7.80. The average Bonchev–Trinajstić information content (AvgIpc) is 3.03. The third-order valence-corrected chi connectivity index (χ3v) is 5.60. The SMILES string of the molecule is Cc1nn(C)c(C)c1C[C@@H](C)NC(=O)Cc1c(C)[nH]c2c(C)ccc(C)c12. The lowest BCUT2D eigenvalue weighted by molar-refractivity contribution is -0.121. The highest BCUT2D eigenvalue weighted by molar-refractivity contribution is 5.93. The maximum absolute atomic E-state index is 12.7. The molecule has 3 aromatic rings. The van der Waals surface area contributed by atoms with E-state index in [-0.39, 0.29) is 11.9 Å². The number of hydrogen-bond acceptors (Lipinski definition) is 2. The summed E-state index contributed by atoms with van der Waals surface area (Å²) >= 11 is 0. The number of rotatable bonds is 5. The van der Waals surface area contributed by atoms with E-state index < -0.39 is 0 Å². The number of nitrogens with one attached hydrogen (secondary N) is 2. The van der Waals surface area contributed by atoms with Crippen molar-refractivity contribution in [1.82, 2.24) is 20.1 Å². The maximum atomic E-state index is 12.7. The van der Waals surface area contributed by atoms with E-state index in [2.05, 4.69) is 55.2 Å². The fourth-order valence-corrected chi connectivity index (χ4v) is 3.99. The minimum Gasteiger partial charge on any atom is -0.358 e. The molecule has 27 heavy (non-hydrogen) atoms. The zero-order valence-electron chi connectivity index (χ0n) is 17.4. The molecule has 0 saturated heterocycles. The number of aromatic amines is 1. The summed E-state index contributed by atoms with van der Waals surface area (Å²) < 4.78 is 1.90. The Morgan fingerprint density at radius 3 is 2.44 bits per heavy atom. The standard InChI is InChI=1S/C22H30N4O/c1-12-8-9-13(2)22-21(12)19(15(4)24-22)11-20(27)23-14(3)10-18-16(5)25-26(7)17(18)6/h8-9,14,24H,10-11H2,1-7H3,(H,23,27)/t14-/m1/s1. The number of aryl methyl sites for hydroxylation is 5.